The lowest BCUT2D eigenvalue weighted by Gasteiger charge is -2.31. The molecule has 17 heavy (non-hydrogen) atoms. The second-order valence-corrected chi connectivity index (χ2v) is 4.47. The molecule has 2 aliphatic rings. The van der Waals surface area contributed by atoms with E-state index in [1.807, 2.05) is 18.7 Å². The van der Waals surface area contributed by atoms with Gasteiger partial charge in [0.25, 0.3) is 0 Å². The average Bonchev–Trinajstić information content (AvgIpc) is 2.42. The van der Waals surface area contributed by atoms with Gasteiger partial charge >= 0.3 is 0 Å². The molecule has 2 aliphatic heterocycles. The van der Waals surface area contributed by atoms with Crippen LogP contribution in [0, 0.1) is 5.92 Å². The Hall–Kier alpha value is -0.830. The molecule has 0 bridgehead atoms. The number of ether oxygens (including phenoxy) is 1. The summed E-state index contributed by atoms with van der Waals surface area (Å²) in [4.78, 5) is 14.1. The molecular formula is C14H25NO2. The van der Waals surface area contributed by atoms with E-state index in [9.17, 15) is 4.79 Å². The second kappa shape index (κ2) is 7.49. The molecule has 0 aliphatic carbocycles. The lowest BCUT2D eigenvalue weighted by Crippen LogP contribution is -2.40. The van der Waals surface area contributed by atoms with Crippen molar-refractivity contribution in [3.8, 4) is 0 Å². The maximum Gasteiger partial charge on any atom is 0.226 e. The van der Waals surface area contributed by atoms with Crippen molar-refractivity contribution in [1.82, 2.24) is 4.90 Å². The molecule has 0 atom stereocenters. The quantitative estimate of drug-likeness (QED) is 0.658. The molecule has 98 valence electrons. The zero-order valence-corrected chi connectivity index (χ0v) is 11.4. The van der Waals surface area contributed by atoms with E-state index in [0.29, 0.717) is 5.91 Å². The number of nitrogens with zero attached hydrogens (tertiary/aromatic N) is 1. The van der Waals surface area contributed by atoms with E-state index in [1.165, 1.54) is 5.57 Å². The minimum absolute atomic E-state index is 0.213. The van der Waals surface area contributed by atoms with Gasteiger partial charge < -0.3 is 9.64 Å². The number of hydrogen-bond donors (Lipinski definition) is 0. The topological polar surface area (TPSA) is 29.5 Å². The zero-order valence-electron chi connectivity index (χ0n) is 11.4. The fourth-order valence-corrected chi connectivity index (χ4v) is 2.17. The van der Waals surface area contributed by atoms with Crippen LogP contribution in [0.4, 0.5) is 0 Å². The Morgan fingerprint density at radius 2 is 2.00 bits per heavy atom. The van der Waals surface area contributed by atoms with Crippen molar-refractivity contribution in [1.29, 1.82) is 0 Å². The first-order valence-corrected chi connectivity index (χ1v) is 6.79. The minimum Gasteiger partial charge on any atom is -0.381 e. The van der Waals surface area contributed by atoms with Gasteiger partial charge in [-0.3, -0.25) is 4.79 Å². The number of hydrogen-bond acceptors (Lipinski definition) is 2. The van der Waals surface area contributed by atoms with Crippen molar-refractivity contribution < 1.29 is 9.53 Å². The van der Waals surface area contributed by atoms with E-state index in [4.69, 9.17) is 4.74 Å². The van der Waals surface area contributed by atoms with Crippen LogP contribution in [0.25, 0.3) is 0 Å². The standard InChI is InChI=1S/C12H19NO2.C2H6/c1-10-2-6-13(7-3-10)12(14)11-4-8-15-9-5-11;1-2/h2,11H,3-9H2,1H3;1-2H3. The van der Waals surface area contributed by atoms with Crippen LogP contribution in [0.5, 0.6) is 0 Å². The molecule has 1 saturated heterocycles. The van der Waals surface area contributed by atoms with Crippen molar-refractivity contribution in [2.24, 2.45) is 5.92 Å². The van der Waals surface area contributed by atoms with Crippen molar-refractivity contribution in [2.75, 3.05) is 26.3 Å². The van der Waals surface area contributed by atoms with Gasteiger partial charge in [0, 0.05) is 32.2 Å². The Labute approximate surface area is 105 Å². The summed E-state index contributed by atoms with van der Waals surface area (Å²) < 4.78 is 5.27. The normalized spacial score (nSPS) is 21.4. The van der Waals surface area contributed by atoms with E-state index in [0.717, 1.165) is 45.6 Å². The van der Waals surface area contributed by atoms with Crippen LogP contribution < -0.4 is 0 Å². The number of carbonyl (C=O) groups is 1. The highest BCUT2D eigenvalue weighted by Gasteiger charge is 2.26. The van der Waals surface area contributed by atoms with Gasteiger partial charge in [-0.2, -0.15) is 0 Å². The lowest BCUT2D eigenvalue weighted by molar-refractivity contribution is -0.138. The molecule has 2 rings (SSSR count). The van der Waals surface area contributed by atoms with Gasteiger partial charge in [-0.15, -0.1) is 0 Å². The van der Waals surface area contributed by atoms with Gasteiger partial charge in [-0.05, 0) is 26.2 Å². The van der Waals surface area contributed by atoms with Gasteiger partial charge in [0.15, 0.2) is 0 Å². The Kier molecular flexibility index (Phi) is 6.27. The molecule has 0 N–H and O–H groups in total. The summed E-state index contributed by atoms with van der Waals surface area (Å²) >= 11 is 0. The molecule has 1 amide bonds. The summed E-state index contributed by atoms with van der Waals surface area (Å²) in [6.45, 7) is 9.34. The Morgan fingerprint density at radius 3 is 2.53 bits per heavy atom. The van der Waals surface area contributed by atoms with Crippen LogP contribution in [0.3, 0.4) is 0 Å². The minimum atomic E-state index is 0.213. The average molecular weight is 239 g/mol. The Balaban J connectivity index is 0.000000686. The molecule has 2 heterocycles. The molecule has 0 unspecified atom stereocenters. The molecule has 0 saturated carbocycles. The first-order valence-electron chi connectivity index (χ1n) is 6.79. The van der Waals surface area contributed by atoms with E-state index in [1.54, 1.807) is 0 Å². The van der Waals surface area contributed by atoms with E-state index in [-0.39, 0.29) is 5.92 Å². The first kappa shape index (κ1) is 14.2. The highest BCUT2D eigenvalue weighted by atomic mass is 16.5. The van der Waals surface area contributed by atoms with Crippen LogP contribution in [-0.2, 0) is 9.53 Å². The second-order valence-electron chi connectivity index (χ2n) is 4.47. The van der Waals surface area contributed by atoms with Gasteiger partial charge in [0.1, 0.15) is 0 Å². The lowest BCUT2D eigenvalue weighted by atomic mass is 9.97. The Morgan fingerprint density at radius 1 is 1.35 bits per heavy atom. The maximum atomic E-state index is 12.1. The van der Waals surface area contributed by atoms with Crippen molar-refractivity contribution >= 4 is 5.91 Å². The predicted octanol–water partition coefficient (Wildman–Crippen LogP) is 2.62. The third kappa shape index (κ3) is 4.15. The fourth-order valence-electron chi connectivity index (χ4n) is 2.17. The van der Waals surface area contributed by atoms with Crippen LogP contribution in [0.15, 0.2) is 11.6 Å². The monoisotopic (exact) mass is 239 g/mol. The van der Waals surface area contributed by atoms with Gasteiger partial charge in [-0.1, -0.05) is 25.5 Å². The molecule has 3 heteroatoms. The molecular weight excluding hydrogens is 214 g/mol. The highest BCUT2D eigenvalue weighted by molar-refractivity contribution is 5.79. The predicted molar refractivity (Wildman–Crippen MR) is 69.8 cm³/mol. The first-order chi connectivity index (χ1) is 8.27. The molecule has 0 aromatic carbocycles. The number of rotatable bonds is 1. The molecule has 0 aromatic rings. The smallest absolute Gasteiger partial charge is 0.226 e. The van der Waals surface area contributed by atoms with Crippen LogP contribution in [0.2, 0.25) is 0 Å². The van der Waals surface area contributed by atoms with Gasteiger partial charge in [0.05, 0.1) is 0 Å². The Bertz CT molecular complexity index is 267. The zero-order chi connectivity index (χ0) is 12.7. The fraction of sp³-hybridized carbons (Fsp3) is 0.786. The molecule has 0 radical (unpaired) electrons. The third-order valence-electron chi connectivity index (χ3n) is 3.32. The van der Waals surface area contributed by atoms with Crippen LogP contribution >= 0.6 is 0 Å². The largest absolute Gasteiger partial charge is 0.381 e. The summed E-state index contributed by atoms with van der Waals surface area (Å²) in [5.41, 5.74) is 1.41. The molecule has 0 aromatic heterocycles. The van der Waals surface area contributed by atoms with E-state index in [2.05, 4.69) is 13.0 Å². The molecule has 1 fully saturated rings. The van der Waals surface area contributed by atoms with Gasteiger partial charge in [-0.25, -0.2) is 0 Å². The highest BCUT2D eigenvalue weighted by Crippen LogP contribution is 2.20. The van der Waals surface area contributed by atoms with Crippen LogP contribution in [0.1, 0.15) is 40.0 Å². The third-order valence-corrected chi connectivity index (χ3v) is 3.32. The molecule has 0 spiro atoms. The van der Waals surface area contributed by atoms with E-state index >= 15 is 0 Å². The van der Waals surface area contributed by atoms with Crippen molar-refractivity contribution in [3.05, 3.63) is 11.6 Å². The van der Waals surface area contributed by atoms with Gasteiger partial charge in [0.2, 0.25) is 5.91 Å². The summed E-state index contributed by atoms with van der Waals surface area (Å²) in [6.07, 6.45) is 5.01. The summed E-state index contributed by atoms with van der Waals surface area (Å²) in [6, 6.07) is 0. The van der Waals surface area contributed by atoms with Crippen LogP contribution in [-0.4, -0.2) is 37.1 Å². The van der Waals surface area contributed by atoms with Crippen molar-refractivity contribution in [2.45, 2.75) is 40.0 Å². The summed E-state index contributed by atoms with van der Waals surface area (Å²) in [7, 11) is 0. The SMILES string of the molecule is CC.CC1=CCN(C(=O)C2CCOCC2)CC1. The summed E-state index contributed by atoms with van der Waals surface area (Å²) in [5.74, 6) is 0.549. The summed E-state index contributed by atoms with van der Waals surface area (Å²) in [5, 5.41) is 0. The maximum absolute atomic E-state index is 12.1. The molecule has 3 nitrogen and oxygen atoms in total. The number of amides is 1. The van der Waals surface area contributed by atoms with E-state index < -0.39 is 0 Å². The number of carbonyl (C=O) groups excluding carboxylic acids is 1. The van der Waals surface area contributed by atoms with Crippen molar-refractivity contribution in [3.63, 3.8) is 0 Å².